The lowest BCUT2D eigenvalue weighted by Crippen LogP contribution is -2.23. The Morgan fingerprint density at radius 1 is 1.30 bits per heavy atom. The number of aryl methyl sites for hydroxylation is 2. The fraction of sp³-hybridized carbons (Fsp3) is 0.214. The van der Waals surface area contributed by atoms with Gasteiger partial charge >= 0.3 is 0 Å². The zero-order valence-electron chi connectivity index (χ0n) is 10.6. The van der Waals surface area contributed by atoms with Crippen molar-refractivity contribution in [2.24, 2.45) is 0 Å². The number of benzene rings is 1. The molecule has 2 aromatic heterocycles. The third-order valence-corrected chi connectivity index (χ3v) is 4.27. The molecule has 0 N–H and O–H groups in total. The Hall–Kier alpha value is -1.72. The highest BCUT2D eigenvalue weighted by molar-refractivity contribution is 7.09. The zero-order chi connectivity index (χ0) is 13.9. The van der Waals surface area contributed by atoms with Crippen LogP contribution >= 0.6 is 22.9 Å². The van der Waals surface area contributed by atoms with Crippen molar-refractivity contribution in [1.82, 2.24) is 14.8 Å². The van der Waals surface area contributed by atoms with Crippen LogP contribution in [0.4, 0.5) is 0 Å². The van der Waals surface area contributed by atoms with Crippen molar-refractivity contribution in [3.05, 3.63) is 56.9 Å². The molecule has 2 heterocycles. The van der Waals surface area contributed by atoms with Gasteiger partial charge in [0.1, 0.15) is 0 Å². The van der Waals surface area contributed by atoms with Gasteiger partial charge in [-0.1, -0.05) is 18.2 Å². The summed E-state index contributed by atoms with van der Waals surface area (Å²) >= 11 is 7.29. The molecule has 0 spiro atoms. The van der Waals surface area contributed by atoms with Gasteiger partial charge < -0.3 is 0 Å². The summed E-state index contributed by atoms with van der Waals surface area (Å²) in [5, 5.41) is 8.69. The van der Waals surface area contributed by atoms with Gasteiger partial charge in [-0.25, -0.2) is 9.67 Å². The minimum absolute atomic E-state index is 0.0581. The molecule has 0 aliphatic carbocycles. The highest BCUT2D eigenvalue weighted by Gasteiger charge is 2.05. The minimum Gasteiger partial charge on any atom is -0.267 e. The largest absolute Gasteiger partial charge is 0.274 e. The Morgan fingerprint density at radius 3 is 2.95 bits per heavy atom. The number of hydrogen-bond acceptors (Lipinski definition) is 4. The van der Waals surface area contributed by atoms with Crippen LogP contribution in [0.3, 0.4) is 0 Å². The molecule has 0 saturated heterocycles. The van der Waals surface area contributed by atoms with Crippen molar-refractivity contribution < 1.29 is 0 Å². The smallest absolute Gasteiger partial charge is 0.267 e. The molecule has 0 unspecified atom stereocenters. The van der Waals surface area contributed by atoms with E-state index in [1.165, 1.54) is 4.68 Å². The van der Waals surface area contributed by atoms with E-state index in [1.54, 1.807) is 17.5 Å². The van der Waals surface area contributed by atoms with Gasteiger partial charge in [-0.05, 0) is 6.07 Å². The molecule has 4 nitrogen and oxygen atoms in total. The van der Waals surface area contributed by atoms with E-state index in [1.807, 2.05) is 29.6 Å². The molecule has 0 atom stereocenters. The maximum Gasteiger partial charge on any atom is 0.274 e. The third-order valence-electron chi connectivity index (χ3n) is 3.04. The van der Waals surface area contributed by atoms with Crippen LogP contribution in [-0.4, -0.2) is 14.8 Å². The van der Waals surface area contributed by atoms with Crippen molar-refractivity contribution in [3.63, 3.8) is 0 Å². The summed E-state index contributed by atoms with van der Waals surface area (Å²) in [5.74, 6) is 0.421. The van der Waals surface area contributed by atoms with Crippen molar-refractivity contribution in [2.75, 3.05) is 0 Å². The van der Waals surface area contributed by atoms with E-state index >= 15 is 0 Å². The van der Waals surface area contributed by atoms with Crippen molar-refractivity contribution in [2.45, 2.75) is 18.8 Å². The highest BCUT2D eigenvalue weighted by atomic mass is 35.5. The molecule has 3 aromatic rings. The third kappa shape index (κ3) is 2.59. The van der Waals surface area contributed by atoms with Gasteiger partial charge in [0.25, 0.3) is 5.56 Å². The number of fused-ring (bicyclic) bond motifs is 1. The number of aromatic nitrogens is 3. The summed E-state index contributed by atoms with van der Waals surface area (Å²) in [4.78, 5) is 16.7. The van der Waals surface area contributed by atoms with Gasteiger partial charge in [-0.15, -0.1) is 22.9 Å². The summed E-state index contributed by atoms with van der Waals surface area (Å²) < 4.78 is 1.49. The predicted molar refractivity (Wildman–Crippen MR) is 81.4 cm³/mol. The maximum atomic E-state index is 12.3. The normalized spacial score (nSPS) is 11.1. The second-order valence-corrected chi connectivity index (χ2v) is 5.59. The lowest BCUT2D eigenvalue weighted by molar-refractivity contribution is 0.583. The molecule has 0 aliphatic heterocycles. The summed E-state index contributed by atoms with van der Waals surface area (Å²) in [7, 11) is 0. The maximum absolute atomic E-state index is 12.3. The van der Waals surface area contributed by atoms with Crippen LogP contribution in [0.1, 0.15) is 10.7 Å². The first-order chi connectivity index (χ1) is 9.78. The molecular weight excluding hydrogens is 294 g/mol. The lowest BCUT2D eigenvalue weighted by atomic mass is 10.2. The molecule has 0 bridgehead atoms. The summed E-state index contributed by atoms with van der Waals surface area (Å²) in [6.45, 7) is 0.527. The number of alkyl halides is 1. The molecule has 20 heavy (non-hydrogen) atoms. The van der Waals surface area contributed by atoms with Crippen LogP contribution in [0.5, 0.6) is 0 Å². The van der Waals surface area contributed by atoms with Gasteiger partial charge in [-0.2, -0.15) is 5.10 Å². The predicted octanol–water partition coefficient (Wildman–Crippen LogP) is 2.83. The molecule has 0 fully saturated rings. The molecule has 0 aliphatic rings. The number of halogens is 1. The Labute approximate surface area is 124 Å². The van der Waals surface area contributed by atoms with E-state index in [-0.39, 0.29) is 5.56 Å². The minimum atomic E-state index is -0.0581. The molecule has 6 heteroatoms. The number of hydrogen-bond donors (Lipinski definition) is 0. The number of rotatable bonds is 4. The van der Waals surface area contributed by atoms with Crippen molar-refractivity contribution >= 4 is 33.7 Å². The van der Waals surface area contributed by atoms with Crippen molar-refractivity contribution in [1.29, 1.82) is 0 Å². The second-order valence-electron chi connectivity index (χ2n) is 4.38. The summed E-state index contributed by atoms with van der Waals surface area (Å²) in [5.41, 5.74) is 0.822. The fourth-order valence-corrected chi connectivity index (χ4v) is 3.03. The van der Waals surface area contributed by atoms with E-state index in [9.17, 15) is 4.79 Å². The van der Waals surface area contributed by atoms with Gasteiger partial charge in [0.2, 0.25) is 0 Å². The Morgan fingerprint density at radius 2 is 2.15 bits per heavy atom. The van der Waals surface area contributed by atoms with Crippen LogP contribution in [0, 0.1) is 0 Å². The Kier molecular flexibility index (Phi) is 3.80. The summed E-state index contributed by atoms with van der Waals surface area (Å²) in [6.07, 6.45) is 2.41. The molecular formula is C14H12ClN3OS. The van der Waals surface area contributed by atoms with E-state index in [0.717, 1.165) is 16.1 Å². The summed E-state index contributed by atoms with van der Waals surface area (Å²) in [6, 6.07) is 7.48. The van der Waals surface area contributed by atoms with Gasteiger partial charge in [0, 0.05) is 17.2 Å². The van der Waals surface area contributed by atoms with Crippen LogP contribution in [-0.2, 0) is 18.8 Å². The number of nitrogens with zero attached hydrogens (tertiary/aromatic N) is 3. The zero-order valence-corrected chi connectivity index (χ0v) is 12.2. The first kappa shape index (κ1) is 13.3. The molecule has 0 radical (unpaired) electrons. The van der Waals surface area contributed by atoms with Crippen LogP contribution < -0.4 is 5.56 Å². The van der Waals surface area contributed by atoms with Crippen LogP contribution in [0.15, 0.2) is 40.6 Å². The first-order valence-corrected chi connectivity index (χ1v) is 7.63. The van der Waals surface area contributed by atoms with E-state index in [2.05, 4.69) is 10.1 Å². The molecule has 102 valence electrons. The first-order valence-electron chi connectivity index (χ1n) is 6.22. The molecule has 1 aromatic carbocycles. The quantitative estimate of drug-likeness (QED) is 0.696. The molecule has 0 saturated carbocycles. The Bertz CT molecular complexity index is 796. The van der Waals surface area contributed by atoms with Gasteiger partial charge in [0.05, 0.1) is 34.7 Å². The molecule has 0 amide bonds. The van der Waals surface area contributed by atoms with Gasteiger partial charge in [-0.3, -0.25) is 4.79 Å². The van der Waals surface area contributed by atoms with E-state index in [0.29, 0.717) is 24.2 Å². The molecule has 3 rings (SSSR count). The second kappa shape index (κ2) is 5.73. The average Bonchev–Trinajstić information content (AvgIpc) is 2.95. The van der Waals surface area contributed by atoms with E-state index in [4.69, 9.17) is 11.6 Å². The van der Waals surface area contributed by atoms with Gasteiger partial charge in [0.15, 0.2) is 0 Å². The van der Waals surface area contributed by atoms with Crippen LogP contribution in [0.2, 0.25) is 0 Å². The fourth-order valence-electron chi connectivity index (χ4n) is 2.01. The Balaban J connectivity index is 1.84. The highest BCUT2D eigenvalue weighted by Crippen LogP contribution is 2.13. The average molecular weight is 306 g/mol. The standard InChI is InChI=1S/C14H12ClN3OS/c15-7-11-9-20-13(17-11)5-6-18-14(19)12-4-2-1-3-10(12)8-16-18/h1-4,8-9H,5-7H2. The van der Waals surface area contributed by atoms with Crippen molar-refractivity contribution in [3.8, 4) is 0 Å². The van der Waals surface area contributed by atoms with E-state index < -0.39 is 0 Å². The topological polar surface area (TPSA) is 47.8 Å². The lowest BCUT2D eigenvalue weighted by Gasteiger charge is -2.04. The monoisotopic (exact) mass is 305 g/mol. The van der Waals surface area contributed by atoms with Crippen LogP contribution in [0.25, 0.3) is 10.8 Å². The SMILES string of the molecule is O=c1c2ccccc2cnn1CCc1nc(CCl)cs1. The number of thiazole rings is 1.